The van der Waals surface area contributed by atoms with Crippen LogP contribution in [0.5, 0.6) is 0 Å². The van der Waals surface area contributed by atoms with Gasteiger partial charge < -0.3 is 24.8 Å². The van der Waals surface area contributed by atoms with E-state index in [2.05, 4.69) is 10.6 Å². The number of pyridine rings is 1. The number of hydrogen-bond acceptors (Lipinski definition) is 6. The van der Waals surface area contributed by atoms with Crippen molar-refractivity contribution in [2.75, 3.05) is 19.6 Å². The minimum Gasteiger partial charge on any atom is -0.460 e. The number of likely N-dealkylation sites (tertiary alicyclic amines) is 1. The molecule has 10 nitrogen and oxygen atoms in total. The quantitative estimate of drug-likeness (QED) is 0.349. The van der Waals surface area contributed by atoms with Crippen molar-refractivity contribution in [3.63, 3.8) is 0 Å². The summed E-state index contributed by atoms with van der Waals surface area (Å²) in [7, 11) is 1.61. The number of ether oxygens (including phenoxy) is 1. The van der Waals surface area contributed by atoms with E-state index in [1.54, 1.807) is 40.1 Å². The Balaban J connectivity index is 0.00000520. The zero-order chi connectivity index (χ0) is 33.8. The number of fused-ring (bicyclic) bond motifs is 1. The van der Waals surface area contributed by atoms with Gasteiger partial charge in [-0.15, -0.1) is 0 Å². The van der Waals surface area contributed by atoms with Gasteiger partial charge in [-0.25, -0.2) is 0 Å². The van der Waals surface area contributed by atoms with E-state index in [1.165, 1.54) is 10.6 Å². The third kappa shape index (κ3) is 7.84. The lowest BCUT2D eigenvalue weighted by molar-refractivity contribution is -0.154. The number of nitrogens with one attached hydrogen (secondary N) is 2. The molecular formula is C37H46N4O6S. The highest BCUT2D eigenvalue weighted by atomic mass is 32.1. The second-order valence-corrected chi connectivity index (χ2v) is 13.5. The monoisotopic (exact) mass is 674 g/mol. The van der Waals surface area contributed by atoms with E-state index in [1.807, 2.05) is 59.5 Å². The van der Waals surface area contributed by atoms with Crippen LogP contribution in [0.2, 0.25) is 0 Å². The average Bonchev–Trinajstić information content (AvgIpc) is 3.05. The summed E-state index contributed by atoms with van der Waals surface area (Å²) >= 11 is 0. The van der Waals surface area contributed by atoms with Crippen molar-refractivity contribution in [3.05, 3.63) is 106 Å². The highest BCUT2D eigenvalue weighted by Crippen LogP contribution is 2.48. The molecule has 2 aliphatic rings. The summed E-state index contributed by atoms with van der Waals surface area (Å²) in [5.74, 6) is -1.41. The Morgan fingerprint density at radius 3 is 2.27 bits per heavy atom. The van der Waals surface area contributed by atoms with Gasteiger partial charge in [-0.3, -0.25) is 24.0 Å². The Morgan fingerprint density at radius 1 is 0.917 bits per heavy atom. The van der Waals surface area contributed by atoms with Crippen LogP contribution in [0.4, 0.5) is 0 Å². The summed E-state index contributed by atoms with van der Waals surface area (Å²) in [5, 5.41) is 5.98. The minimum atomic E-state index is -1.03. The van der Waals surface area contributed by atoms with E-state index in [4.69, 9.17) is 4.74 Å². The van der Waals surface area contributed by atoms with Crippen LogP contribution < -0.4 is 16.2 Å². The van der Waals surface area contributed by atoms with Gasteiger partial charge in [-0.2, -0.15) is 13.5 Å². The predicted molar refractivity (Wildman–Crippen MR) is 188 cm³/mol. The van der Waals surface area contributed by atoms with Gasteiger partial charge in [0, 0.05) is 38.9 Å². The molecule has 0 saturated carbocycles. The summed E-state index contributed by atoms with van der Waals surface area (Å²) in [6.07, 6.45) is 3.70. The Kier molecular flexibility index (Phi) is 11.6. The first kappa shape index (κ1) is 36.5. The fourth-order valence-electron chi connectivity index (χ4n) is 6.81. The van der Waals surface area contributed by atoms with E-state index in [0.29, 0.717) is 38.8 Å². The van der Waals surface area contributed by atoms with Crippen LogP contribution >= 0.6 is 13.5 Å². The molecule has 1 saturated heterocycles. The van der Waals surface area contributed by atoms with E-state index in [9.17, 15) is 24.0 Å². The van der Waals surface area contributed by atoms with Crippen LogP contribution in [-0.4, -0.2) is 64.4 Å². The van der Waals surface area contributed by atoms with Crippen LogP contribution in [0.25, 0.3) is 0 Å². The van der Waals surface area contributed by atoms with Crippen LogP contribution in [-0.2, 0) is 31.6 Å². The number of carbonyl (C=O) groups is 4. The van der Waals surface area contributed by atoms with Crippen LogP contribution in [0, 0.1) is 0 Å². The van der Waals surface area contributed by atoms with Crippen molar-refractivity contribution in [1.29, 1.82) is 0 Å². The maximum atomic E-state index is 14.2. The average molecular weight is 675 g/mol. The number of piperidine rings is 1. The molecule has 2 aromatic carbocycles. The summed E-state index contributed by atoms with van der Waals surface area (Å²) in [6.45, 7) is 6.51. The van der Waals surface area contributed by atoms with Crippen LogP contribution in [0.15, 0.2) is 77.7 Å². The number of nitrogens with zero attached hydrogens (tertiary/aromatic N) is 2. The number of rotatable bonds is 8. The smallest absolute Gasteiger partial charge is 0.308 e. The predicted octanol–water partition coefficient (Wildman–Crippen LogP) is 3.93. The molecule has 3 aromatic rings. The molecule has 256 valence electrons. The number of amides is 3. The van der Waals surface area contributed by atoms with E-state index < -0.39 is 22.8 Å². The van der Waals surface area contributed by atoms with Gasteiger partial charge in [0.2, 0.25) is 11.8 Å². The molecule has 48 heavy (non-hydrogen) atoms. The highest BCUT2D eigenvalue weighted by Gasteiger charge is 2.48. The molecule has 2 heterocycles. The van der Waals surface area contributed by atoms with Crippen molar-refractivity contribution < 1.29 is 23.9 Å². The molecule has 1 aromatic heterocycles. The Bertz CT molecular complexity index is 1690. The normalized spacial score (nSPS) is 19.3. The van der Waals surface area contributed by atoms with Crippen molar-refractivity contribution in [2.45, 2.75) is 75.9 Å². The Hall–Kier alpha value is -4.38. The van der Waals surface area contributed by atoms with Gasteiger partial charge in [-0.05, 0) is 75.3 Å². The number of aromatic nitrogens is 1. The minimum absolute atomic E-state index is 0. The van der Waals surface area contributed by atoms with Gasteiger partial charge >= 0.3 is 5.97 Å². The second-order valence-electron chi connectivity index (χ2n) is 13.5. The molecule has 11 heteroatoms. The third-order valence-electron chi connectivity index (χ3n) is 9.10. The van der Waals surface area contributed by atoms with E-state index >= 15 is 0 Å². The number of aryl methyl sites for hydroxylation is 1. The van der Waals surface area contributed by atoms with Crippen molar-refractivity contribution in [2.24, 2.45) is 7.05 Å². The molecule has 5 rings (SSSR count). The maximum absolute atomic E-state index is 14.2. The highest BCUT2D eigenvalue weighted by molar-refractivity contribution is 7.59. The van der Waals surface area contributed by atoms with Crippen LogP contribution in [0.3, 0.4) is 0 Å². The number of carbonyl (C=O) groups excluding carboxylic acids is 4. The summed E-state index contributed by atoms with van der Waals surface area (Å²) in [6, 6.07) is 20.3. The molecule has 0 radical (unpaired) electrons. The standard InChI is InChI=1S/C37H44N4O6.H2S/c1-36(2,3)47-31(42)17-21-38-35(46)37(25-11-6-5-7-12-25)20-16-28(27-13-8-9-15-30(27)37)34(45)41-23-18-26(19-24-41)39-32(43)29-14-10-22-40(4)33(29)44;/h5-15,22,26,28H,16-21,23-24H2,1-4H3,(H,38,46)(H,39,43);1H2/t28-,37+;/m0./s1. The summed E-state index contributed by atoms with van der Waals surface area (Å²) < 4.78 is 6.79. The number of esters is 1. The first-order valence-corrected chi connectivity index (χ1v) is 16.3. The van der Waals surface area contributed by atoms with Gasteiger partial charge in [0.05, 0.1) is 17.8 Å². The fourth-order valence-corrected chi connectivity index (χ4v) is 6.81. The van der Waals surface area contributed by atoms with Gasteiger partial charge in [0.15, 0.2) is 0 Å². The first-order valence-electron chi connectivity index (χ1n) is 16.3. The second kappa shape index (κ2) is 15.2. The SMILES string of the molecule is Cn1cccc(C(=O)NC2CCN(C(=O)[C@H]3CC[C@@](C(=O)NCCC(=O)OC(C)(C)C)(c4ccccc4)c4ccccc43)CC2)c1=O.S. The molecule has 1 aliphatic heterocycles. The zero-order valence-electron chi connectivity index (χ0n) is 28.1. The Morgan fingerprint density at radius 2 is 1.58 bits per heavy atom. The van der Waals surface area contributed by atoms with Crippen molar-refractivity contribution in [1.82, 2.24) is 20.1 Å². The molecular weight excluding hydrogens is 628 g/mol. The van der Waals surface area contributed by atoms with Gasteiger partial charge in [0.25, 0.3) is 11.5 Å². The topological polar surface area (TPSA) is 127 Å². The number of benzene rings is 2. The lowest BCUT2D eigenvalue weighted by atomic mass is 9.62. The largest absolute Gasteiger partial charge is 0.460 e. The first-order chi connectivity index (χ1) is 22.4. The molecule has 0 spiro atoms. The molecule has 2 N–H and O–H groups in total. The van der Waals surface area contributed by atoms with Gasteiger partial charge in [-0.1, -0.05) is 54.6 Å². The molecule has 0 unspecified atom stereocenters. The fraction of sp³-hybridized carbons (Fsp3) is 0.432. The molecule has 1 fully saturated rings. The molecule has 2 atom stereocenters. The molecule has 1 aliphatic carbocycles. The third-order valence-corrected chi connectivity index (χ3v) is 9.10. The zero-order valence-corrected chi connectivity index (χ0v) is 29.1. The molecule has 3 amide bonds. The van der Waals surface area contributed by atoms with Gasteiger partial charge in [0.1, 0.15) is 11.2 Å². The van der Waals surface area contributed by atoms with E-state index in [-0.39, 0.29) is 61.4 Å². The Labute approximate surface area is 288 Å². The summed E-state index contributed by atoms with van der Waals surface area (Å²) in [4.78, 5) is 67.6. The van der Waals surface area contributed by atoms with Crippen molar-refractivity contribution >= 4 is 37.2 Å². The van der Waals surface area contributed by atoms with Crippen LogP contribution in [0.1, 0.15) is 85.8 Å². The van der Waals surface area contributed by atoms with Crippen molar-refractivity contribution in [3.8, 4) is 0 Å². The maximum Gasteiger partial charge on any atom is 0.308 e. The lowest BCUT2D eigenvalue weighted by Crippen LogP contribution is -2.51. The molecule has 0 bridgehead atoms. The lowest BCUT2D eigenvalue weighted by Gasteiger charge is -2.42. The van der Waals surface area contributed by atoms with E-state index in [0.717, 1.165) is 16.7 Å². The summed E-state index contributed by atoms with van der Waals surface area (Å²) in [5.41, 5.74) is 0.552. The number of hydrogen-bond donors (Lipinski definition) is 2.